The molecular formula is C67H107NO18. The van der Waals surface area contributed by atoms with Crippen LogP contribution in [0.15, 0.2) is 134 Å². The van der Waals surface area contributed by atoms with Crippen LogP contribution in [0.4, 0.5) is 0 Å². The number of hydrogen-bond acceptors (Lipinski definition) is 19. The van der Waals surface area contributed by atoms with Gasteiger partial charge in [0.15, 0.2) is 6.29 Å². The summed E-state index contributed by atoms with van der Waals surface area (Å²) >= 11 is 0. The first-order chi connectivity index (χ1) is 40.9. The second kappa shape index (κ2) is 45.0. The average Bonchev–Trinajstić information content (AvgIpc) is 2.13. The maximum atomic E-state index is 13.9. The highest BCUT2D eigenvalue weighted by Gasteiger charge is 2.44. The van der Waals surface area contributed by atoms with Gasteiger partial charge in [-0.15, -0.1) is 6.58 Å². The van der Waals surface area contributed by atoms with Crippen molar-refractivity contribution < 1.29 is 90.2 Å². The molecular weight excluding hydrogens is 1110 g/mol. The minimum absolute atomic E-state index is 0.000868. The molecule has 2 aliphatic heterocycles. The molecule has 1 fully saturated rings. The average molecular weight is 1210 g/mol. The molecule has 20 atom stereocenters. The van der Waals surface area contributed by atoms with Gasteiger partial charge >= 0.3 is 5.97 Å². The standard InChI is InChI=1S/C67H107NO18/c1-6-7-25-49-26-18-19-34-59(77)47(4)63(80)45(2)24-16-14-12-10-8-9-11-13-15-17-35-62(79)85-58(33-22-29-50(69)27-20-28-51(70)32-23-38-68)43-56(75)41-54(73)39-52(71)30-21-31-53(72)40-55(74)42-57(76)44-60(78)46(3)61(37-36-49)86-67-66(83)65(82)64(81)48(5)84-67/h6,8-16,19-22,24,27,31,33-34,36,45-48,50-59,61,63-67,69-77,80-83H,1,7,17-18,23,25-26,28-30,32,35,37-44,68H2,2-5H3/b10-8+,11-9+,14-12+,15-13+,24-16+,27-20+,31-21+,33-22+,34-19+,49-36-. The molecule has 15 N–H and O–H groups in total. The number of Topliss-reactive ketones (excluding diaryl/α,β-unsaturated/α-hetero) is 1. The Labute approximate surface area is 511 Å². The Balaban J connectivity index is 2.33. The molecule has 1 saturated heterocycles. The predicted octanol–water partition coefficient (Wildman–Crippen LogP) is 5.31. The summed E-state index contributed by atoms with van der Waals surface area (Å²) in [6.45, 7) is 11.1. The summed E-state index contributed by atoms with van der Waals surface area (Å²) in [5, 5.41) is 140. The first-order valence-electron chi connectivity index (χ1n) is 30.8. The van der Waals surface area contributed by atoms with E-state index in [2.05, 4.69) is 6.58 Å². The zero-order chi connectivity index (χ0) is 64.0. The Bertz CT molecular complexity index is 2190. The summed E-state index contributed by atoms with van der Waals surface area (Å²) < 4.78 is 17.7. The maximum absolute atomic E-state index is 13.9. The number of allylic oxidation sites excluding steroid dienone is 12. The third-order valence-corrected chi connectivity index (χ3v) is 15.3. The van der Waals surface area contributed by atoms with E-state index in [1.165, 1.54) is 19.1 Å². The minimum atomic E-state index is -1.65. The largest absolute Gasteiger partial charge is 0.458 e. The van der Waals surface area contributed by atoms with Crippen LogP contribution in [-0.2, 0) is 23.8 Å². The molecule has 0 aromatic rings. The van der Waals surface area contributed by atoms with Crippen LogP contribution in [0.2, 0.25) is 0 Å². The fraction of sp³-hybridized carbons (Fsp3) is 0.642. The van der Waals surface area contributed by atoms with Crippen molar-refractivity contribution >= 4 is 11.8 Å². The van der Waals surface area contributed by atoms with Crippen molar-refractivity contribution in [1.29, 1.82) is 0 Å². The number of aliphatic hydroxyl groups excluding tert-OH is 13. The van der Waals surface area contributed by atoms with Gasteiger partial charge in [0.1, 0.15) is 30.2 Å². The van der Waals surface area contributed by atoms with Crippen molar-refractivity contribution in [3.05, 3.63) is 134 Å². The van der Waals surface area contributed by atoms with Crippen LogP contribution in [0, 0.1) is 17.8 Å². The van der Waals surface area contributed by atoms with Crippen molar-refractivity contribution in [3.8, 4) is 0 Å². The van der Waals surface area contributed by atoms with Crippen LogP contribution >= 0.6 is 0 Å². The molecule has 0 radical (unpaired) electrons. The fourth-order valence-corrected chi connectivity index (χ4v) is 9.81. The van der Waals surface area contributed by atoms with Gasteiger partial charge in [-0.3, -0.25) is 9.59 Å². The molecule has 20 unspecified atom stereocenters. The zero-order valence-corrected chi connectivity index (χ0v) is 51.2. The maximum Gasteiger partial charge on any atom is 0.306 e. The number of nitrogens with two attached hydrogens (primary N) is 1. The molecule has 0 aromatic heterocycles. The molecule has 0 aliphatic carbocycles. The topological polar surface area (TPSA) is 351 Å². The highest BCUT2D eigenvalue weighted by atomic mass is 16.7. The Hall–Kier alpha value is -4.36. The van der Waals surface area contributed by atoms with Crippen LogP contribution in [0.1, 0.15) is 143 Å². The Morgan fingerprint density at radius 2 is 1.31 bits per heavy atom. The third-order valence-electron chi connectivity index (χ3n) is 15.3. The molecule has 0 saturated carbocycles. The number of hydrogen-bond donors (Lipinski definition) is 14. The van der Waals surface area contributed by atoms with E-state index in [0.29, 0.717) is 57.9 Å². The van der Waals surface area contributed by atoms with Crippen LogP contribution in [0.5, 0.6) is 0 Å². The molecule has 488 valence electrons. The normalized spacial score (nSPS) is 37.6. The molecule has 0 aromatic carbocycles. The number of carbonyl (C=O) groups excluding carboxylic acids is 2. The van der Waals surface area contributed by atoms with Crippen LogP contribution in [-0.4, -0.2) is 189 Å². The molecule has 0 spiro atoms. The lowest BCUT2D eigenvalue weighted by Crippen LogP contribution is -2.58. The van der Waals surface area contributed by atoms with Gasteiger partial charge in [0, 0.05) is 43.4 Å². The highest BCUT2D eigenvalue weighted by molar-refractivity contribution is 5.81. The van der Waals surface area contributed by atoms with Crippen molar-refractivity contribution in [3.63, 3.8) is 0 Å². The quantitative estimate of drug-likeness (QED) is 0.0774. The summed E-state index contributed by atoms with van der Waals surface area (Å²) in [5.41, 5.74) is 6.50. The molecule has 19 heteroatoms. The lowest BCUT2D eigenvalue weighted by atomic mass is 9.88. The van der Waals surface area contributed by atoms with Crippen molar-refractivity contribution in [1.82, 2.24) is 0 Å². The van der Waals surface area contributed by atoms with Crippen LogP contribution < -0.4 is 5.73 Å². The number of rotatable bonds is 14. The SMILES string of the molecule is C=CCC/C1=C/CC(OC2OC(C)C(O)C(O)C2O)C(C)C(=O)CC(O)CC(O)CC(O)/C=C/CC(O)CC(O)CC(O)CC(/C=C/CC(O)/C=C/CC(O)CCCN)OC(=O)CC/C=C/C=C/C=C/C=C/C=C/C(C)C(O)C(C)C(O)/C=C/CC1. The molecule has 2 aliphatic rings. The predicted molar refractivity (Wildman–Crippen MR) is 332 cm³/mol. The lowest BCUT2D eigenvalue weighted by Gasteiger charge is -2.41. The van der Waals surface area contributed by atoms with E-state index >= 15 is 0 Å². The first-order valence-corrected chi connectivity index (χ1v) is 30.8. The highest BCUT2D eigenvalue weighted by Crippen LogP contribution is 2.29. The Morgan fingerprint density at radius 1 is 0.674 bits per heavy atom. The fourth-order valence-electron chi connectivity index (χ4n) is 9.81. The van der Waals surface area contributed by atoms with E-state index in [1.54, 1.807) is 68.5 Å². The van der Waals surface area contributed by atoms with Crippen molar-refractivity contribution in [2.24, 2.45) is 23.5 Å². The number of cyclic esters (lactones) is 1. The van der Waals surface area contributed by atoms with Crippen molar-refractivity contribution in [2.75, 3.05) is 6.54 Å². The van der Waals surface area contributed by atoms with E-state index in [9.17, 15) is 76.0 Å². The third kappa shape index (κ3) is 33.8. The van der Waals surface area contributed by atoms with Gasteiger partial charge in [-0.2, -0.15) is 0 Å². The van der Waals surface area contributed by atoms with E-state index in [4.69, 9.17) is 19.9 Å². The van der Waals surface area contributed by atoms with E-state index in [-0.39, 0.29) is 63.7 Å². The number of esters is 1. The first kappa shape index (κ1) is 77.7. The molecule has 0 bridgehead atoms. The summed E-state index contributed by atoms with van der Waals surface area (Å²) in [6, 6.07) is 0. The van der Waals surface area contributed by atoms with Crippen molar-refractivity contribution in [2.45, 2.75) is 247 Å². The summed E-state index contributed by atoms with van der Waals surface area (Å²) in [4.78, 5) is 26.8. The minimum Gasteiger partial charge on any atom is -0.458 e. The Kier molecular flexibility index (Phi) is 40.7. The molecule has 86 heavy (non-hydrogen) atoms. The van der Waals surface area contributed by atoms with Gasteiger partial charge in [-0.05, 0) is 109 Å². The van der Waals surface area contributed by atoms with E-state index in [1.807, 2.05) is 61.6 Å². The molecule has 0 amide bonds. The second-order valence-corrected chi connectivity index (χ2v) is 23.1. The molecule has 2 rings (SSSR count). The van der Waals surface area contributed by atoms with Crippen LogP contribution in [0.3, 0.4) is 0 Å². The van der Waals surface area contributed by atoms with Gasteiger partial charge in [-0.25, -0.2) is 0 Å². The lowest BCUT2D eigenvalue weighted by molar-refractivity contribution is -0.306. The summed E-state index contributed by atoms with van der Waals surface area (Å²) in [5.74, 6) is -2.68. The molecule has 19 nitrogen and oxygen atoms in total. The zero-order valence-electron chi connectivity index (χ0n) is 51.2. The Morgan fingerprint density at radius 3 is 2.01 bits per heavy atom. The summed E-state index contributed by atoms with van der Waals surface area (Å²) in [6.07, 6.45) is 18.6. The summed E-state index contributed by atoms with van der Waals surface area (Å²) in [7, 11) is 0. The number of aliphatic hydroxyl groups is 13. The molecule has 2 heterocycles. The van der Waals surface area contributed by atoms with Crippen LogP contribution in [0.25, 0.3) is 0 Å². The van der Waals surface area contributed by atoms with Gasteiger partial charge in [0.05, 0.1) is 73.2 Å². The number of carbonyl (C=O) groups is 2. The van der Waals surface area contributed by atoms with Gasteiger partial charge in [0.25, 0.3) is 0 Å². The van der Waals surface area contributed by atoms with Gasteiger partial charge in [-0.1, -0.05) is 142 Å². The number of ether oxygens (including phenoxy) is 3. The van der Waals surface area contributed by atoms with E-state index in [0.717, 1.165) is 5.57 Å². The van der Waals surface area contributed by atoms with E-state index < -0.39 is 134 Å². The smallest absolute Gasteiger partial charge is 0.306 e. The van der Waals surface area contributed by atoms with Gasteiger partial charge in [0.2, 0.25) is 0 Å². The van der Waals surface area contributed by atoms with Gasteiger partial charge < -0.3 is 86.3 Å². The monoisotopic (exact) mass is 1210 g/mol. The second-order valence-electron chi connectivity index (χ2n) is 23.1. The number of ketones is 1.